The second-order valence-corrected chi connectivity index (χ2v) is 4.43. The number of nitrogens with zero attached hydrogens (tertiary/aromatic N) is 2. The fourth-order valence-corrected chi connectivity index (χ4v) is 1.68. The number of hydrogen-bond donors (Lipinski definition) is 1. The molecule has 0 saturated carbocycles. The number of amides is 1. The average Bonchev–Trinajstić information content (AvgIpc) is 2.47. The van der Waals surface area contributed by atoms with Gasteiger partial charge in [-0.05, 0) is 37.3 Å². The molecule has 0 saturated heterocycles. The highest BCUT2D eigenvalue weighted by Crippen LogP contribution is 2.15. The van der Waals surface area contributed by atoms with E-state index in [0.29, 0.717) is 11.0 Å². The Bertz CT molecular complexity index is 793. The van der Waals surface area contributed by atoms with Crippen LogP contribution >= 0.6 is 0 Å². The van der Waals surface area contributed by atoms with Crippen molar-refractivity contribution in [3.05, 3.63) is 66.4 Å². The van der Waals surface area contributed by atoms with Crippen molar-refractivity contribution in [3.8, 4) is 0 Å². The van der Waals surface area contributed by atoms with E-state index < -0.39 is 17.6 Å². The Balaban J connectivity index is 2.24. The number of aromatic nitrogens is 2. The fourth-order valence-electron chi connectivity index (χ4n) is 1.68. The van der Waals surface area contributed by atoms with Crippen LogP contribution in [0.1, 0.15) is 6.92 Å². The molecule has 2 aromatic heterocycles. The zero-order valence-electron chi connectivity index (χ0n) is 11.8. The molecule has 2 rings (SSSR count). The Hall–Kier alpha value is -2.89. The number of nitrogens with one attached hydrogen (secondary N) is 1. The molecule has 0 spiro atoms. The summed E-state index contributed by atoms with van der Waals surface area (Å²) in [4.78, 5) is 20.0. The number of hydrogen-bond acceptors (Lipinski definition) is 3. The molecule has 0 aromatic carbocycles. The van der Waals surface area contributed by atoms with Crippen molar-refractivity contribution in [2.75, 3.05) is 5.32 Å². The largest absolute Gasteiger partial charge is 0.306 e. The third-order valence-electron chi connectivity index (χ3n) is 2.73. The minimum atomic E-state index is -0.485. The maximum absolute atomic E-state index is 13.0. The topological polar surface area (TPSA) is 54.9 Å². The van der Waals surface area contributed by atoms with Crippen LogP contribution < -0.4 is 5.32 Å². The van der Waals surface area contributed by atoms with Gasteiger partial charge in [-0.3, -0.25) is 4.79 Å². The number of halogens is 2. The van der Waals surface area contributed by atoms with E-state index in [2.05, 4.69) is 21.9 Å². The molecule has 1 N–H and O–H groups in total. The van der Waals surface area contributed by atoms with Gasteiger partial charge < -0.3 is 5.32 Å². The van der Waals surface area contributed by atoms with Gasteiger partial charge in [0.15, 0.2) is 5.65 Å². The van der Waals surface area contributed by atoms with Gasteiger partial charge in [0.2, 0.25) is 0 Å². The second kappa shape index (κ2) is 6.71. The lowest BCUT2D eigenvalue weighted by atomic mass is 10.2. The van der Waals surface area contributed by atoms with Gasteiger partial charge in [0, 0.05) is 11.0 Å². The third kappa shape index (κ3) is 3.82. The molecule has 6 heteroatoms. The molecule has 22 heavy (non-hydrogen) atoms. The predicted octanol–water partition coefficient (Wildman–Crippen LogP) is 3.69. The van der Waals surface area contributed by atoms with E-state index in [1.165, 1.54) is 31.2 Å². The van der Waals surface area contributed by atoms with Gasteiger partial charge in [0.25, 0.3) is 5.91 Å². The molecule has 0 unspecified atom stereocenters. The minimum absolute atomic E-state index is 0.186. The molecule has 1 amide bonds. The van der Waals surface area contributed by atoms with E-state index in [4.69, 9.17) is 0 Å². The molecular weight excluding hydrogens is 288 g/mol. The Morgan fingerprint density at radius 3 is 2.82 bits per heavy atom. The third-order valence-corrected chi connectivity index (χ3v) is 2.73. The second-order valence-electron chi connectivity index (χ2n) is 4.43. The first kappa shape index (κ1) is 15.5. The summed E-state index contributed by atoms with van der Waals surface area (Å²) in [5, 5.41) is 3.07. The lowest BCUT2D eigenvalue weighted by Crippen LogP contribution is -2.14. The maximum Gasteiger partial charge on any atom is 0.256 e. The number of allylic oxidation sites excluding steroid dienone is 3. The van der Waals surface area contributed by atoms with Gasteiger partial charge in [0.1, 0.15) is 11.6 Å². The molecule has 112 valence electrons. The van der Waals surface area contributed by atoms with Crippen molar-refractivity contribution in [1.29, 1.82) is 0 Å². The summed E-state index contributed by atoms with van der Waals surface area (Å²) in [5.41, 5.74) is 0.494. The SMILES string of the molecule is C=C/C(=C\C=C(/C)F)C(=O)Nc1ccc2cc(F)cnc2n1. The van der Waals surface area contributed by atoms with Crippen LogP contribution in [0.3, 0.4) is 0 Å². The average molecular weight is 301 g/mol. The summed E-state index contributed by atoms with van der Waals surface area (Å²) in [7, 11) is 0. The lowest BCUT2D eigenvalue weighted by molar-refractivity contribution is -0.112. The summed E-state index contributed by atoms with van der Waals surface area (Å²) in [6.07, 6.45) is 4.83. The summed E-state index contributed by atoms with van der Waals surface area (Å²) < 4.78 is 25.7. The highest BCUT2D eigenvalue weighted by atomic mass is 19.1. The molecule has 0 bridgehead atoms. The van der Waals surface area contributed by atoms with Crippen molar-refractivity contribution >= 4 is 22.8 Å². The van der Waals surface area contributed by atoms with Crippen LogP contribution in [0.15, 0.2) is 60.6 Å². The number of fused-ring (bicyclic) bond motifs is 1. The molecule has 0 aliphatic heterocycles. The summed E-state index contributed by atoms with van der Waals surface area (Å²) in [5.74, 6) is -1.12. The standard InChI is InChI=1S/C16H13F2N3O/c1-3-11(5-4-10(2)17)16(22)21-14-7-6-12-8-13(18)9-19-15(12)20-14/h3-9H,1H2,2H3,(H,19,20,21,22)/b10-4+,11-5+. The Morgan fingerprint density at radius 2 is 2.14 bits per heavy atom. The van der Waals surface area contributed by atoms with Crippen molar-refractivity contribution in [2.24, 2.45) is 0 Å². The maximum atomic E-state index is 13.0. The first-order valence-corrected chi connectivity index (χ1v) is 6.40. The van der Waals surface area contributed by atoms with Gasteiger partial charge in [-0.2, -0.15) is 0 Å². The van der Waals surface area contributed by atoms with Crippen molar-refractivity contribution in [3.63, 3.8) is 0 Å². The number of carbonyl (C=O) groups excluding carboxylic acids is 1. The van der Waals surface area contributed by atoms with Gasteiger partial charge in [-0.1, -0.05) is 12.7 Å². The number of rotatable bonds is 4. The van der Waals surface area contributed by atoms with Gasteiger partial charge in [0.05, 0.1) is 12.0 Å². The molecule has 2 aromatic rings. The van der Waals surface area contributed by atoms with E-state index >= 15 is 0 Å². The predicted molar refractivity (Wildman–Crippen MR) is 81.3 cm³/mol. The van der Waals surface area contributed by atoms with Crippen LogP contribution in [0.25, 0.3) is 11.0 Å². The quantitative estimate of drug-likeness (QED) is 0.692. The normalized spacial score (nSPS) is 12.3. The highest BCUT2D eigenvalue weighted by Gasteiger charge is 2.08. The van der Waals surface area contributed by atoms with E-state index in [0.717, 1.165) is 12.3 Å². The number of anilines is 1. The van der Waals surface area contributed by atoms with Crippen LogP contribution in [0.2, 0.25) is 0 Å². The van der Waals surface area contributed by atoms with Crippen LogP contribution in [0.4, 0.5) is 14.6 Å². The molecule has 2 heterocycles. The Morgan fingerprint density at radius 1 is 1.36 bits per heavy atom. The molecule has 0 radical (unpaired) electrons. The molecule has 0 aliphatic carbocycles. The van der Waals surface area contributed by atoms with E-state index in [-0.39, 0.29) is 11.4 Å². The van der Waals surface area contributed by atoms with Crippen molar-refractivity contribution in [1.82, 2.24) is 9.97 Å². The molecule has 0 fully saturated rings. The van der Waals surface area contributed by atoms with E-state index in [9.17, 15) is 13.6 Å². The highest BCUT2D eigenvalue weighted by molar-refractivity contribution is 6.05. The number of carbonyl (C=O) groups is 1. The van der Waals surface area contributed by atoms with Crippen LogP contribution in [0.5, 0.6) is 0 Å². The molecular formula is C16H13F2N3O. The fraction of sp³-hybridized carbons (Fsp3) is 0.0625. The molecule has 0 aliphatic rings. The van der Waals surface area contributed by atoms with E-state index in [1.54, 1.807) is 6.07 Å². The van der Waals surface area contributed by atoms with Gasteiger partial charge in [-0.25, -0.2) is 18.7 Å². The molecule has 4 nitrogen and oxygen atoms in total. The van der Waals surface area contributed by atoms with Crippen molar-refractivity contribution in [2.45, 2.75) is 6.92 Å². The van der Waals surface area contributed by atoms with Crippen molar-refractivity contribution < 1.29 is 13.6 Å². The van der Waals surface area contributed by atoms with Crippen LogP contribution in [-0.4, -0.2) is 15.9 Å². The monoisotopic (exact) mass is 301 g/mol. The summed E-state index contributed by atoms with van der Waals surface area (Å²) in [6.45, 7) is 4.77. The Labute approximate surface area is 125 Å². The van der Waals surface area contributed by atoms with E-state index in [1.807, 2.05) is 0 Å². The number of pyridine rings is 2. The first-order chi connectivity index (χ1) is 10.5. The zero-order valence-corrected chi connectivity index (χ0v) is 11.8. The minimum Gasteiger partial charge on any atom is -0.306 e. The van der Waals surface area contributed by atoms with Gasteiger partial charge in [-0.15, -0.1) is 0 Å². The zero-order chi connectivity index (χ0) is 16.1. The summed E-state index contributed by atoms with van der Waals surface area (Å²) >= 11 is 0. The van der Waals surface area contributed by atoms with Crippen LogP contribution in [-0.2, 0) is 4.79 Å². The van der Waals surface area contributed by atoms with Crippen LogP contribution in [0, 0.1) is 5.82 Å². The first-order valence-electron chi connectivity index (χ1n) is 6.40. The molecule has 0 atom stereocenters. The Kier molecular flexibility index (Phi) is 4.73. The van der Waals surface area contributed by atoms with Gasteiger partial charge >= 0.3 is 0 Å². The summed E-state index contributed by atoms with van der Waals surface area (Å²) in [6, 6.07) is 4.42. The lowest BCUT2D eigenvalue weighted by Gasteiger charge is -2.05. The smallest absolute Gasteiger partial charge is 0.256 e.